The van der Waals surface area contributed by atoms with E-state index in [1.807, 2.05) is 16.0 Å². The van der Waals surface area contributed by atoms with E-state index < -0.39 is 24.0 Å². The van der Waals surface area contributed by atoms with Crippen molar-refractivity contribution in [3.63, 3.8) is 0 Å². The van der Waals surface area contributed by atoms with Gasteiger partial charge in [0.15, 0.2) is 22.3 Å². The molecule has 0 aliphatic rings. The molecule has 0 radical (unpaired) electrons. The van der Waals surface area contributed by atoms with Gasteiger partial charge in [0, 0.05) is 17.8 Å². The maximum Gasteiger partial charge on any atom is 0.193 e. The number of aromatic nitrogens is 2. The first-order chi connectivity index (χ1) is 9.67. The summed E-state index contributed by atoms with van der Waals surface area (Å²) in [6.07, 6.45) is 3.58. The molecule has 1 aromatic carbocycles. The number of halogens is 2. The topological polar surface area (TPSA) is 46.8 Å². The van der Waals surface area contributed by atoms with Crippen LogP contribution in [0.1, 0.15) is 11.3 Å². The molecule has 3 aromatic rings. The minimum absolute atomic E-state index is 0.0271. The summed E-state index contributed by atoms with van der Waals surface area (Å²) in [4.78, 5) is 5.04. The Morgan fingerprint density at radius 2 is 2.05 bits per heavy atom. The van der Waals surface area contributed by atoms with Crippen LogP contribution in [-0.2, 0) is 13.2 Å². The highest BCUT2D eigenvalue weighted by Crippen LogP contribution is 2.24. The number of hydrogen-bond donors (Lipinski definition) is 1. The second kappa shape index (κ2) is 5.18. The SMILES string of the molecule is OCc1cc(F)c(OCc2cn3ccsc3n2)c(F)c1. The van der Waals surface area contributed by atoms with Crippen molar-refractivity contribution in [2.45, 2.75) is 13.2 Å². The predicted octanol–water partition coefficient (Wildman–Crippen LogP) is 2.75. The van der Waals surface area contributed by atoms with Crippen molar-refractivity contribution >= 4 is 16.3 Å². The molecule has 0 bridgehead atoms. The van der Waals surface area contributed by atoms with Crippen molar-refractivity contribution in [2.24, 2.45) is 0 Å². The van der Waals surface area contributed by atoms with Crippen LogP contribution in [0.3, 0.4) is 0 Å². The summed E-state index contributed by atoms with van der Waals surface area (Å²) in [7, 11) is 0. The van der Waals surface area contributed by atoms with Gasteiger partial charge < -0.3 is 9.84 Å². The van der Waals surface area contributed by atoms with E-state index in [1.54, 1.807) is 6.20 Å². The Morgan fingerprint density at radius 3 is 2.70 bits per heavy atom. The van der Waals surface area contributed by atoms with Gasteiger partial charge in [0.1, 0.15) is 6.61 Å². The molecule has 20 heavy (non-hydrogen) atoms. The Balaban J connectivity index is 1.79. The first-order valence-corrected chi connectivity index (χ1v) is 6.68. The number of thiazole rings is 1. The van der Waals surface area contributed by atoms with Crippen LogP contribution in [0, 0.1) is 11.6 Å². The van der Waals surface area contributed by atoms with Crippen molar-refractivity contribution in [2.75, 3.05) is 0 Å². The van der Waals surface area contributed by atoms with Gasteiger partial charge in [-0.25, -0.2) is 13.8 Å². The zero-order chi connectivity index (χ0) is 14.1. The average Bonchev–Trinajstić information content (AvgIpc) is 2.98. The fourth-order valence-corrected chi connectivity index (χ4v) is 2.55. The minimum atomic E-state index is -0.838. The number of rotatable bonds is 4. The van der Waals surface area contributed by atoms with Crippen molar-refractivity contribution in [1.82, 2.24) is 9.38 Å². The molecule has 7 heteroatoms. The summed E-state index contributed by atoms with van der Waals surface area (Å²) >= 11 is 1.46. The van der Waals surface area contributed by atoms with Gasteiger partial charge in [0.05, 0.1) is 12.3 Å². The molecule has 104 valence electrons. The average molecular weight is 296 g/mol. The van der Waals surface area contributed by atoms with Crippen LogP contribution in [0.25, 0.3) is 4.96 Å². The number of aliphatic hydroxyl groups excluding tert-OH is 1. The normalized spacial score (nSPS) is 11.2. The van der Waals surface area contributed by atoms with E-state index in [9.17, 15) is 8.78 Å². The molecule has 0 fully saturated rings. The van der Waals surface area contributed by atoms with E-state index in [0.717, 1.165) is 17.1 Å². The van der Waals surface area contributed by atoms with Crippen LogP contribution in [0.2, 0.25) is 0 Å². The molecular weight excluding hydrogens is 286 g/mol. The summed E-state index contributed by atoms with van der Waals surface area (Å²) in [5.74, 6) is -2.14. The van der Waals surface area contributed by atoms with Crippen LogP contribution in [0.4, 0.5) is 8.78 Å². The zero-order valence-corrected chi connectivity index (χ0v) is 11.0. The molecule has 2 aromatic heterocycles. The van der Waals surface area contributed by atoms with Crippen molar-refractivity contribution < 1.29 is 18.6 Å². The molecule has 0 aliphatic heterocycles. The smallest absolute Gasteiger partial charge is 0.193 e. The largest absolute Gasteiger partial charge is 0.481 e. The van der Waals surface area contributed by atoms with Crippen LogP contribution >= 0.6 is 11.3 Å². The molecule has 0 amide bonds. The Morgan fingerprint density at radius 1 is 1.30 bits per heavy atom. The predicted molar refractivity (Wildman–Crippen MR) is 69.7 cm³/mol. The highest BCUT2D eigenvalue weighted by molar-refractivity contribution is 7.15. The van der Waals surface area contributed by atoms with Crippen molar-refractivity contribution in [3.05, 3.63) is 52.8 Å². The number of imidazole rings is 1. The number of benzene rings is 1. The second-order valence-electron chi connectivity index (χ2n) is 4.16. The summed E-state index contributed by atoms with van der Waals surface area (Å²) < 4.78 is 34.3. The first kappa shape index (κ1) is 13.0. The molecule has 0 spiro atoms. The highest BCUT2D eigenvalue weighted by Gasteiger charge is 2.13. The number of aliphatic hydroxyl groups is 1. The Labute approximate surface area is 116 Å². The third kappa shape index (κ3) is 2.37. The lowest BCUT2D eigenvalue weighted by atomic mass is 10.2. The molecule has 0 saturated heterocycles. The third-order valence-electron chi connectivity index (χ3n) is 2.75. The number of nitrogens with zero attached hydrogens (tertiary/aromatic N) is 2. The monoisotopic (exact) mass is 296 g/mol. The Kier molecular flexibility index (Phi) is 3.37. The van der Waals surface area contributed by atoms with Crippen molar-refractivity contribution in [3.8, 4) is 5.75 Å². The molecule has 3 rings (SSSR count). The molecule has 2 heterocycles. The van der Waals surface area contributed by atoms with Gasteiger partial charge >= 0.3 is 0 Å². The van der Waals surface area contributed by atoms with E-state index in [2.05, 4.69) is 4.98 Å². The highest BCUT2D eigenvalue weighted by atomic mass is 32.1. The molecule has 4 nitrogen and oxygen atoms in total. The summed E-state index contributed by atoms with van der Waals surface area (Å²) in [6.45, 7) is -0.452. The lowest BCUT2D eigenvalue weighted by molar-refractivity contribution is 0.264. The van der Waals surface area contributed by atoms with E-state index in [1.165, 1.54) is 11.3 Å². The lowest BCUT2D eigenvalue weighted by Crippen LogP contribution is -2.01. The minimum Gasteiger partial charge on any atom is -0.481 e. The summed E-state index contributed by atoms with van der Waals surface area (Å²) in [5.41, 5.74) is 0.747. The number of fused-ring (bicyclic) bond motifs is 1. The van der Waals surface area contributed by atoms with E-state index in [0.29, 0.717) is 5.69 Å². The maximum absolute atomic E-state index is 13.6. The van der Waals surface area contributed by atoms with Gasteiger partial charge in [-0.15, -0.1) is 11.3 Å². The first-order valence-electron chi connectivity index (χ1n) is 5.80. The van der Waals surface area contributed by atoms with Crippen LogP contribution in [0.5, 0.6) is 5.75 Å². The van der Waals surface area contributed by atoms with Gasteiger partial charge in [-0.3, -0.25) is 4.40 Å². The molecule has 0 saturated carbocycles. The fourth-order valence-electron chi connectivity index (χ4n) is 1.83. The fraction of sp³-hybridized carbons (Fsp3) is 0.154. The summed E-state index contributed by atoms with van der Waals surface area (Å²) in [6, 6.07) is 2.09. The standard InChI is InChI=1S/C13H10F2N2O2S/c14-10-3-8(6-18)4-11(15)12(10)19-7-9-5-17-1-2-20-13(17)16-9/h1-5,18H,6-7H2. The summed E-state index contributed by atoms with van der Waals surface area (Å²) in [5, 5.41) is 10.7. The molecule has 1 N–H and O–H groups in total. The van der Waals surface area contributed by atoms with Crippen LogP contribution < -0.4 is 4.74 Å². The van der Waals surface area contributed by atoms with Gasteiger partial charge in [0.2, 0.25) is 0 Å². The number of hydrogen-bond acceptors (Lipinski definition) is 4. The molecule has 0 unspecified atom stereocenters. The van der Waals surface area contributed by atoms with Crippen LogP contribution in [-0.4, -0.2) is 14.5 Å². The van der Waals surface area contributed by atoms with Crippen molar-refractivity contribution in [1.29, 1.82) is 0 Å². The number of ether oxygens (including phenoxy) is 1. The van der Waals surface area contributed by atoms with Gasteiger partial charge in [-0.1, -0.05) is 0 Å². The lowest BCUT2D eigenvalue weighted by Gasteiger charge is -2.08. The van der Waals surface area contributed by atoms with Gasteiger partial charge in [-0.05, 0) is 17.7 Å². The molecular formula is C13H10F2N2O2S. The van der Waals surface area contributed by atoms with E-state index >= 15 is 0 Å². The van der Waals surface area contributed by atoms with Gasteiger partial charge in [-0.2, -0.15) is 0 Å². The quantitative estimate of drug-likeness (QED) is 0.805. The molecule has 0 aliphatic carbocycles. The Hall–Kier alpha value is -1.99. The van der Waals surface area contributed by atoms with E-state index in [-0.39, 0.29) is 12.2 Å². The second-order valence-corrected chi connectivity index (χ2v) is 5.03. The van der Waals surface area contributed by atoms with E-state index in [4.69, 9.17) is 9.84 Å². The molecule has 0 atom stereocenters. The third-order valence-corrected chi connectivity index (χ3v) is 3.52. The Bertz CT molecular complexity index is 702. The van der Waals surface area contributed by atoms with Crippen LogP contribution in [0.15, 0.2) is 29.9 Å². The maximum atomic E-state index is 13.6. The zero-order valence-electron chi connectivity index (χ0n) is 10.2. The van der Waals surface area contributed by atoms with Gasteiger partial charge in [0.25, 0.3) is 0 Å².